The maximum Gasteiger partial charge on any atom is 0.271 e. The highest BCUT2D eigenvalue weighted by Crippen LogP contribution is 2.26. The molecule has 1 heterocycles. The largest absolute Gasteiger partial charge is 0.368 e. The van der Waals surface area contributed by atoms with E-state index in [1.807, 2.05) is 0 Å². The first kappa shape index (κ1) is 15.7. The number of nitrogens with one attached hydrogen (secondary N) is 2. The molecule has 1 aliphatic rings. The predicted octanol–water partition coefficient (Wildman–Crippen LogP) is 1.96. The standard InChI is InChI=1S/C13H16ClN3O4/c14-11-7-9(17(19)20)1-2-12(11)16-13(18)8-21-10-3-5-15-6-4-10/h1-2,7,10,15H,3-6,8H2,(H,16,18). The fraction of sp³-hybridized carbons (Fsp3) is 0.462. The number of anilines is 1. The number of amides is 1. The van der Waals surface area contributed by atoms with Gasteiger partial charge in [-0.25, -0.2) is 0 Å². The Morgan fingerprint density at radius 2 is 2.19 bits per heavy atom. The number of nitro benzene ring substituents is 1. The minimum atomic E-state index is -0.544. The van der Waals surface area contributed by atoms with Gasteiger partial charge in [0.1, 0.15) is 6.61 Å². The molecule has 0 bridgehead atoms. The molecule has 8 heteroatoms. The zero-order chi connectivity index (χ0) is 15.2. The molecule has 0 aliphatic carbocycles. The van der Waals surface area contributed by atoms with Gasteiger partial charge in [-0.3, -0.25) is 14.9 Å². The lowest BCUT2D eigenvalue weighted by Gasteiger charge is -2.22. The van der Waals surface area contributed by atoms with Crippen molar-refractivity contribution < 1.29 is 14.5 Å². The van der Waals surface area contributed by atoms with E-state index in [2.05, 4.69) is 10.6 Å². The maximum atomic E-state index is 11.8. The van der Waals surface area contributed by atoms with Gasteiger partial charge in [0.2, 0.25) is 5.91 Å². The third-order valence-corrected chi connectivity index (χ3v) is 3.49. The molecular formula is C13H16ClN3O4. The number of carbonyl (C=O) groups is 1. The predicted molar refractivity (Wildman–Crippen MR) is 78.6 cm³/mol. The van der Waals surface area contributed by atoms with Crippen molar-refractivity contribution in [2.45, 2.75) is 18.9 Å². The molecule has 0 radical (unpaired) electrons. The van der Waals surface area contributed by atoms with Crippen molar-refractivity contribution in [2.24, 2.45) is 0 Å². The Morgan fingerprint density at radius 3 is 2.81 bits per heavy atom. The average molecular weight is 314 g/mol. The van der Waals surface area contributed by atoms with E-state index in [1.165, 1.54) is 18.2 Å². The highest BCUT2D eigenvalue weighted by molar-refractivity contribution is 6.33. The van der Waals surface area contributed by atoms with Crippen molar-refractivity contribution in [3.05, 3.63) is 33.3 Å². The van der Waals surface area contributed by atoms with Crippen LogP contribution in [0.5, 0.6) is 0 Å². The van der Waals surface area contributed by atoms with Crippen molar-refractivity contribution >= 4 is 28.9 Å². The summed E-state index contributed by atoms with van der Waals surface area (Å²) in [5.41, 5.74) is 0.213. The van der Waals surface area contributed by atoms with Crippen LogP contribution >= 0.6 is 11.6 Å². The second kappa shape index (κ2) is 7.35. The molecule has 1 aromatic rings. The van der Waals surface area contributed by atoms with Crippen molar-refractivity contribution in [2.75, 3.05) is 25.0 Å². The van der Waals surface area contributed by atoms with Gasteiger partial charge in [-0.2, -0.15) is 0 Å². The second-order valence-electron chi connectivity index (χ2n) is 4.73. The van der Waals surface area contributed by atoms with Crippen molar-refractivity contribution in [1.29, 1.82) is 0 Å². The van der Waals surface area contributed by atoms with Crippen molar-refractivity contribution in [3.63, 3.8) is 0 Å². The van der Waals surface area contributed by atoms with E-state index < -0.39 is 4.92 Å². The molecule has 1 saturated heterocycles. The Morgan fingerprint density at radius 1 is 1.48 bits per heavy atom. The number of nitro groups is 1. The topological polar surface area (TPSA) is 93.5 Å². The van der Waals surface area contributed by atoms with Gasteiger partial charge in [-0.05, 0) is 32.0 Å². The monoisotopic (exact) mass is 313 g/mol. The van der Waals surface area contributed by atoms with E-state index in [4.69, 9.17) is 16.3 Å². The third kappa shape index (κ3) is 4.66. The number of hydrogen-bond donors (Lipinski definition) is 2. The third-order valence-electron chi connectivity index (χ3n) is 3.17. The van der Waals surface area contributed by atoms with Gasteiger partial charge in [0.15, 0.2) is 0 Å². The van der Waals surface area contributed by atoms with Crippen LogP contribution in [-0.4, -0.2) is 36.6 Å². The van der Waals surface area contributed by atoms with E-state index in [0.29, 0.717) is 5.69 Å². The summed E-state index contributed by atoms with van der Waals surface area (Å²) in [6, 6.07) is 3.89. The number of rotatable bonds is 5. The number of hydrogen-bond acceptors (Lipinski definition) is 5. The zero-order valence-electron chi connectivity index (χ0n) is 11.3. The van der Waals surface area contributed by atoms with Crippen LogP contribution in [0, 0.1) is 10.1 Å². The van der Waals surface area contributed by atoms with Gasteiger partial charge in [0.25, 0.3) is 5.69 Å². The molecule has 2 rings (SSSR count). The van der Waals surface area contributed by atoms with Crippen molar-refractivity contribution in [3.8, 4) is 0 Å². The van der Waals surface area contributed by atoms with Gasteiger partial charge in [-0.15, -0.1) is 0 Å². The van der Waals surface area contributed by atoms with Crippen LogP contribution in [0.25, 0.3) is 0 Å². The Labute approximate surface area is 126 Å². The SMILES string of the molecule is O=C(COC1CCNCC1)Nc1ccc([N+](=O)[O-])cc1Cl. The quantitative estimate of drug-likeness (QED) is 0.640. The highest BCUT2D eigenvalue weighted by Gasteiger charge is 2.16. The summed E-state index contributed by atoms with van der Waals surface area (Å²) in [6.45, 7) is 1.72. The molecule has 1 aliphatic heterocycles. The number of benzene rings is 1. The minimum absolute atomic E-state index is 0.0576. The second-order valence-corrected chi connectivity index (χ2v) is 5.14. The molecule has 0 atom stereocenters. The van der Waals surface area contributed by atoms with Crippen LogP contribution in [0.3, 0.4) is 0 Å². The molecule has 21 heavy (non-hydrogen) atoms. The normalized spacial score (nSPS) is 15.7. The van der Waals surface area contributed by atoms with Gasteiger partial charge >= 0.3 is 0 Å². The average Bonchev–Trinajstić information content (AvgIpc) is 2.48. The molecule has 0 unspecified atom stereocenters. The molecule has 0 aromatic heterocycles. The minimum Gasteiger partial charge on any atom is -0.368 e. The van der Waals surface area contributed by atoms with Crippen molar-refractivity contribution in [1.82, 2.24) is 5.32 Å². The zero-order valence-corrected chi connectivity index (χ0v) is 12.1. The first-order valence-corrected chi connectivity index (χ1v) is 7.00. The number of piperidine rings is 1. The van der Waals surface area contributed by atoms with Gasteiger partial charge in [0.05, 0.1) is 21.7 Å². The maximum absolute atomic E-state index is 11.8. The summed E-state index contributed by atoms with van der Waals surface area (Å²) in [4.78, 5) is 21.8. The van der Waals surface area contributed by atoms with Crippen LogP contribution in [-0.2, 0) is 9.53 Å². The summed E-state index contributed by atoms with van der Waals surface area (Å²) in [6.07, 6.45) is 1.85. The molecular weight excluding hydrogens is 298 g/mol. The number of carbonyl (C=O) groups excluding carboxylic acids is 1. The molecule has 114 valence electrons. The summed E-state index contributed by atoms with van der Waals surface area (Å²) in [7, 11) is 0. The lowest BCUT2D eigenvalue weighted by Crippen LogP contribution is -2.34. The van der Waals surface area contributed by atoms with Crippen LogP contribution in [0.1, 0.15) is 12.8 Å². The van der Waals surface area contributed by atoms with E-state index in [9.17, 15) is 14.9 Å². The Kier molecular flexibility index (Phi) is 5.49. The van der Waals surface area contributed by atoms with E-state index in [-0.39, 0.29) is 29.3 Å². The van der Waals surface area contributed by atoms with Crippen LogP contribution < -0.4 is 10.6 Å². The number of ether oxygens (including phenoxy) is 1. The lowest BCUT2D eigenvalue weighted by atomic mass is 10.1. The molecule has 1 fully saturated rings. The van der Waals surface area contributed by atoms with Crippen LogP contribution in [0.4, 0.5) is 11.4 Å². The Balaban J connectivity index is 1.85. The number of non-ortho nitro benzene ring substituents is 1. The summed E-state index contributed by atoms with van der Waals surface area (Å²) in [5, 5.41) is 16.5. The molecule has 1 aromatic carbocycles. The summed E-state index contributed by atoms with van der Waals surface area (Å²) >= 11 is 5.90. The van der Waals surface area contributed by atoms with Crippen LogP contribution in [0.2, 0.25) is 5.02 Å². The molecule has 0 spiro atoms. The lowest BCUT2D eigenvalue weighted by molar-refractivity contribution is -0.384. The van der Waals surface area contributed by atoms with E-state index in [1.54, 1.807) is 0 Å². The molecule has 2 N–H and O–H groups in total. The molecule has 1 amide bonds. The summed E-state index contributed by atoms with van der Waals surface area (Å²) in [5.74, 6) is -0.329. The fourth-order valence-electron chi connectivity index (χ4n) is 2.06. The number of halogens is 1. The smallest absolute Gasteiger partial charge is 0.271 e. The van der Waals surface area contributed by atoms with E-state index >= 15 is 0 Å². The highest BCUT2D eigenvalue weighted by atomic mass is 35.5. The first-order valence-electron chi connectivity index (χ1n) is 6.62. The van der Waals surface area contributed by atoms with Gasteiger partial charge in [0, 0.05) is 12.1 Å². The number of nitrogens with zero attached hydrogens (tertiary/aromatic N) is 1. The summed E-state index contributed by atoms with van der Waals surface area (Å²) < 4.78 is 5.52. The van der Waals surface area contributed by atoms with E-state index in [0.717, 1.165) is 25.9 Å². The first-order chi connectivity index (χ1) is 10.1. The van der Waals surface area contributed by atoms with Gasteiger partial charge < -0.3 is 15.4 Å². The Bertz CT molecular complexity index is 532. The fourth-order valence-corrected chi connectivity index (χ4v) is 2.28. The van der Waals surface area contributed by atoms with Gasteiger partial charge in [-0.1, -0.05) is 11.6 Å². The molecule has 0 saturated carbocycles. The molecule has 7 nitrogen and oxygen atoms in total. The van der Waals surface area contributed by atoms with Crippen LogP contribution in [0.15, 0.2) is 18.2 Å². The Hall–Kier alpha value is -1.70.